The molecule has 0 bridgehead atoms. The van der Waals surface area contributed by atoms with Gasteiger partial charge in [-0.25, -0.2) is 0 Å². The fourth-order valence-electron chi connectivity index (χ4n) is 2.89. The summed E-state index contributed by atoms with van der Waals surface area (Å²) in [7, 11) is 0. The molecule has 4 heteroatoms. The topological polar surface area (TPSA) is 58.6 Å². The van der Waals surface area contributed by atoms with Gasteiger partial charge in [0, 0.05) is 19.1 Å². The Labute approximate surface area is 109 Å². The largest absolute Gasteiger partial charge is 0.480 e. The molecule has 2 fully saturated rings. The lowest BCUT2D eigenvalue weighted by Crippen LogP contribution is -2.53. The zero-order chi connectivity index (χ0) is 13.2. The van der Waals surface area contributed by atoms with Gasteiger partial charge in [0.15, 0.2) is 0 Å². The average Bonchev–Trinajstić information content (AvgIpc) is 3.00. The van der Waals surface area contributed by atoms with Crippen molar-refractivity contribution in [3.63, 3.8) is 0 Å². The Morgan fingerprint density at radius 1 is 1.44 bits per heavy atom. The Kier molecular flexibility index (Phi) is 4.28. The highest BCUT2D eigenvalue weighted by molar-refractivity contribution is 5.79. The van der Waals surface area contributed by atoms with E-state index in [4.69, 9.17) is 4.74 Å². The van der Waals surface area contributed by atoms with Gasteiger partial charge in [-0.3, -0.25) is 10.1 Å². The van der Waals surface area contributed by atoms with Gasteiger partial charge in [-0.15, -0.1) is 0 Å². The van der Waals surface area contributed by atoms with Crippen molar-refractivity contribution in [1.29, 1.82) is 0 Å². The van der Waals surface area contributed by atoms with Crippen molar-refractivity contribution < 1.29 is 14.6 Å². The van der Waals surface area contributed by atoms with Gasteiger partial charge in [0.1, 0.15) is 5.54 Å². The van der Waals surface area contributed by atoms with Crippen LogP contribution in [0.4, 0.5) is 0 Å². The summed E-state index contributed by atoms with van der Waals surface area (Å²) < 4.78 is 5.84. The normalized spacial score (nSPS) is 32.1. The molecule has 2 saturated carbocycles. The molecule has 2 N–H and O–H groups in total. The van der Waals surface area contributed by atoms with Gasteiger partial charge in [-0.2, -0.15) is 0 Å². The summed E-state index contributed by atoms with van der Waals surface area (Å²) in [5.74, 6) is 0.147. The van der Waals surface area contributed by atoms with E-state index in [1.807, 2.05) is 13.8 Å². The van der Waals surface area contributed by atoms with E-state index in [0.29, 0.717) is 12.8 Å². The maximum absolute atomic E-state index is 11.5. The number of hydrogen-bond donors (Lipinski definition) is 2. The lowest BCUT2D eigenvalue weighted by Gasteiger charge is -2.28. The van der Waals surface area contributed by atoms with E-state index < -0.39 is 11.5 Å². The average molecular weight is 255 g/mol. The van der Waals surface area contributed by atoms with Crippen molar-refractivity contribution in [2.24, 2.45) is 5.92 Å². The molecule has 0 aromatic heterocycles. The molecule has 2 aliphatic rings. The van der Waals surface area contributed by atoms with Gasteiger partial charge in [0.2, 0.25) is 0 Å². The number of aliphatic carboxylic acids is 1. The monoisotopic (exact) mass is 255 g/mol. The van der Waals surface area contributed by atoms with Crippen LogP contribution in [-0.4, -0.2) is 35.4 Å². The zero-order valence-electron chi connectivity index (χ0n) is 11.4. The highest BCUT2D eigenvalue weighted by Crippen LogP contribution is 2.35. The van der Waals surface area contributed by atoms with Crippen LogP contribution in [0.2, 0.25) is 0 Å². The maximum atomic E-state index is 11.5. The predicted octanol–water partition coefficient (Wildman–Crippen LogP) is 2.18. The minimum atomic E-state index is -0.765. The fourth-order valence-corrected chi connectivity index (χ4v) is 2.89. The van der Waals surface area contributed by atoms with Crippen molar-refractivity contribution in [2.45, 2.75) is 70.1 Å². The molecule has 0 aromatic carbocycles. The molecule has 0 radical (unpaired) electrons. The van der Waals surface area contributed by atoms with Crippen LogP contribution < -0.4 is 5.32 Å². The summed E-state index contributed by atoms with van der Waals surface area (Å²) in [6.07, 6.45) is 6.10. The van der Waals surface area contributed by atoms with Crippen LogP contribution in [0.15, 0.2) is 0 Å². The molecular weight excluding hydrogens is 230 g/mol. The second-order valence-corrected chi connectivity index (χ2v) is 6.15. The fraction of sp³-hybridized carbons (Fsp3) is 0.929. The first-order chi connectivity index (χ1) is 8.52. The van der Waals surface area contributed by atoms with Gasteiger partial charge < -0.3 is 9.84 Å². The number of ether oxygens (including phenoxy) is 1. The van der Waals surface area contributed by atoms with Gasteiger partial charge in [-0.05, 0) is 39.0 Å². The van der Waals surface area contributed by atoms with E-state index in [0.717, 1.165) is 25.4 Å². The molecule has 0 spiro atoms. The Hall–Kier alpha value is -0.610. The van der Waals surface area contributed by atoms with Crippen molar-refractivity contribution in [3.05, 3.63) is 0 Å². The second-order valence-electron chi connectivity index (χ2n) is 6.15. The van der Waals surface area contributed by atoms with E-state index in [1.54, 1.807) is 0 Å². The number of carboxylic acids is 1. The van der Waals surface area contributed by atoms with E-state index in [1.165, 1.54) is 12.8 Å². The molecule has 18 heavy (non-hydrogen) atoms. The first kappa shape index (κ1) is 13.8. The summed E-state index contributed by atoms with van der Waals surface area (Å²) in [6.45, 7) is 4.78. The third-order valence-electron chi connectivity index (χ3n) is 4.02. The van der Waals surface area contributed by atoms with E-state index in [-0.39, 0.29) is 12.1 Å². The Morgan fingerprint density at radius 2 is 2.17 bits per heavy atom. The molecule has 0 aliphatic heterocycles. The molecular formula is C14H25NO3. The smallest absolute Gasteiger partial charge is 0.324 e. The van der Waals surface area contributed by atoms with Crippen molar-refractivity contribution in [1.82, 2.24) is 5.32 Å². The van der Waals surface area contributed by atoms with Crippen LogP contribution in [0.25, 0.3) is 0 Å². The first-order valence-corrected chi connectivity index (χ1v) is 7.14. The number of nitrogens with one attached hydrogen (secondary N) is 1. The summed E-state index contributed by atoms with van der Waals surface area (Å²) in [5.41, 5.74) is -0.765. The van der Waals surface area contributed by atoms with Gasteiger partial charge in [0.05, 0.1) is 6.10 Å². The molecule has 4 nitrogen and oxygen atoms in total. The van der Waals surface area contributed by atoms with E-state index in [2.05, 4.69) is 5.32 Å². The Morgan fingerprint density at radius 3 is 2.72 bits per heavy atom. The van der Waals surface area contributed by atoms with Crippen LogP contribution in [0, 0.1) is 5.92 Å². The number of carboxylic acid groups (broad SMARTS) is 1. The molecule has 2 atom stereocenters. The molecule has 2 unspecified atom stereocenters. The highest BCUT2D eigenvalue weighted by atomic mass is 16.5. The predicted molar refractivity (Wildman–Crippen MR) is 69.6 cm³/mol. The number of carbonyl (C=O) groups is 1. The third kappa shape index (κ3) is 3.45. The summed E-state index contributed by atoms with van der Waals surface area (Å²) in [6, 6.07) is 0.186. The summed E-state index contributed by atoms with van der Waals surface area (Å²) in [4.78, 5) is 11.5. The standard InChI is InChI=1S/C14H25NO3/c1-10(2)15-14(13(16)17)7-5-12(9-14)18-8-6-11-3-4-11/h10-12,15H,3-9H2,1-2H3,(H,16,17). The first-order valence-electron chi connectivity index (χ1n) is 7.14. The van der Waals surface area contributed by atoms with Crippen LogP contribution in [0.3, 0.4) is 0 Å². The SMILES string of the molecule is CC(C)NC1(C(=O)O)CCC(OCCC2CC2)C1. The van der Waals surface area contributed by atoms with Gasteiger partial charge in [-0.1, -0.05) is 12.8 Å². The minimum Gasteiger partial charge on any atom is -0.480 e. The van der Waals surface area contributed by atoms with E-state index >= 15 is 0 Å². The third-order valence-corrected chi connectivity index (χ3v) is 4.02. The summed E-state index contributed by atoms with van der Waals surface area (Å²) >= 11 is 0. The van der Waals surface area contributed by atoms with Gasteiger partial charge in [0.25, 0.3) is 0 Å². The molecule has 104 valence electrons. The maximum Gasteiger partial charge on any atom is 0.324 e. The summed E-state index contributed by atoms with van der Waals surface area (Å²) in [5, 5.41) is 12.7. The van der Waals surface area contributed by atoms with Gasteiger partial charge >= 0.3 is 5.97 Å². The lowest BCUT2D eigenvalue weighted by atomic mass is 9.96. The number of rotatable bonds is 7. The molecule has 0 saturated heterocycles. The van der Waals surface area contributed by atoms with Crippen LogP contribution >= 0.6 is 0 Å². The highest BCUT2D eigenvalue weighted by Gasteiger charge is 2.46. The Bertz CT molecular complexity index is 301. The zero-order valence-corrected chi connectivity index (χ0v) is 11.4. The van der Waals surface area contributed by atoms with Crippen molar-refractivity contribution in [2.75, 3.05) is 6.61 Å². The molecule has 0 aromatic rings. The molecule has 2 aliphatic carbocycles. The Balaban J connectivity index is 1.80. The van der Waals surface area contributed by atoms with Crippen LogP contribution in [0.5, 0.6) is 0 Å². The molecule has 0 heterocycles. The van der Waals surface area contributed by atoms with Crippen molar-refractivity contribution in [3.8, 4) is 0 Å². The number of hydrogen-bond acceptors (Lipinski definition) is 3. The van der Waals surface area contributed by atoms with E-state index in [9.17, 15) is 9.90 Å². The van der Waals surface area contributed by atoms with Crippen LogP contribution in [0.1, 0.15) is 52.4 Å². The quantitative estimate of drug-likeness (QED) is 0.732. The second kappa shape index (κ2) is 5.57. The van der Waals surface area contributed by atoms with Crippen molar-refractivity contribution >= 4 is 5.97 Å². The molecule has 0 amide bonds. The van der Waals surface area contributed by atoms with Crippen LogP contribution in [-0.2, 0) is 9.53 Å². The minimum absolute atomic E-state index is 0.117. The molecule has 2 rings (SSSR count). The lowest BCUT2D eigenvalue weighted by molar-refractivity contribution is -0.145.